The van der Waals surface area contributed by atoms with Gasteiger partial charge in [-0.1, -0.05) is 75.3 Å². The number of nitrogens with zero attached hydrogens (tertiary/aromatic N) is 6. The number of nitrogens with one attached hydrogen (secondary N) is 1. The molecule has 0 radical (unpaired) electrons. The van der Waals surface area contributed by atoms with E-state index < -0.39 is 45.7 Å². The first kappa shape index (κ1) is 38.6. The molecule has 4 rings (SSSR count). The molecule has 3 atom stereocenters. The van der Waals surface area contributed by atoms with E-state index >= 15 is 0 Å². The third-order valence-electron chi connectivity index (χ3n) is 8.32. The standard InChI is InChI=1S/C36H43N7O7S/c1-24(2)20-41(51(49,50)30-12-10-27(11-13-30)19-39-48)22-32(44)31(17-26-8-6-5-7-9-26)40-35(46)34(25(3)4)43-23-33(45)42(36(43)47)21-28-14-15-38-29(16-28)18-37/h5-16,23-25,31-32,34,44-45H,17,19-22H2,1-4H3,(H,40,46)/t31-,32+,34-/m0/s1. The second-order valence-corrected chi connectivity index (χ2v) is 15.1. The monoisotopic (exact) mass is 717 g/mol. The summed E-state index contributed by atoms with van der Waals surface area (Å²) in [6.07, 6.45) is 1.36. The number of pyridine rings is 1. The Kier molecular flexibility index (Phi) is 13.0. The van der Waals surface area contributed by atoms with Crippen molar-refractivity contribution in [3.05, 3.63) is 117 Å². The average Bonchev–Trinajstić information content (AvgIpc) is 3.36. The molecule has 15 heteroatoms. The minimum atomic E-state index is -4.11. The predicted octanol–water partition coefficient (Wildman–Crippen LogP) is 3.57. The van der Waals surface area contributed by atoms with Gasteiger partial charge in [0.1, 0.15) is 24.3 Å². The van der Waals surface area contributed by atoms with E-state index in [1.807, 2.05) is 50.2 Å². The van der Waals surface area contributed by atoms with Gasteiger partial charge in [0.2, 0.25) is 21.8 Å². The fourth-order valence-corrected chi connectivity index (χ4v) is 7.45. The Morgan fingerprint density at radius 2 is 1.71 bits per heavy atom. The minimum Gasteiger partial charge on any atom is -0.493 e. The van der Waals surface area contributed by atoms with Crippen LogP contribution >= 0.6 is 0 Å². The fraction of sp³-hybridized carbons (Fsp3) is 0.389. The van der Waals surface area contributed by atoms with E-state index in [1.165, 1.54) is 47.0 Å². The molecular weight excluding hydrogens is 675 g/mol. The average molecular weight is 718 g/mol. The van der Waals surface area contributed by atoms with Crippen LogP contribution in [0.25, 0.3) is 0 Å². The molecule has 0 aliphatic heterocycles. The number of aliphatic hydroxyl groups is 1. The largest absolute Gasteiger partial charge is 0.493 e. The quantitative estimate of drug-likeness (QED) is 0.137. The molecule has 2 aromatic heterocycles. The molecule has 3 N–H and O–H groups in total. The number of amides is 1. The van der Waals surface area contributed by atoms with Crippen LogP contribution in [0.15, 0.2) is 94.0 Å². The van der Waals surface area contributed by atoms with Crippen molar-refractivity contribution < 1.29 is 23.4 Å². The third kappa shape index (κ3) is 9.75. The number of nitriles is 1. The topological polar surface area (TPSA) is 200 Å². The number of benzene rings is 2. The Bertz CT molecular complexity index is 2000. The normalized spacial score (nSPS) is 13.5. The van der Waals surface area contributed by atoms with Crippen LogP contribution in [0.2, 0.25) is 0 Å². The van der Waals surface area contributed by atoms with E-state index in [0.29, 0.717) is 11.1 Å². The first-order valence-electron chi connectivity index (χ1n) is 16.5. The van der Waals surface area contributed by atoms with Crippen LogP contribution in [0, 0.1) is 28.1 Å². The number of hydrogen-bond donors (Lipinski definition) is 3. The van der Waals surface area contributed by atoms with Crippen molar-refractivity contribution >= 4 is 15.9 Å². The second-order valence-electron chi connectivity index (χ2n) is 13.1. The summed E-state index contributed by atoms with van der Waals surface area (Å²) in [5.41, 5.74) is 1.35. The molecule has 0 fully saturated rings. The summed E-state index contributed by atoms with van der Waals surface area (Å²) in [7, 11) is -4.11. The summed E-state index contributed by atoms with van der Waals surface area (Å²) in [5.74, 6) is -1.56. The van der Waals surface area contributed by atoms with Crippen LogP contribution in [-0.2, 0) is 34.3 Å². The molecule has 2 aromatic carbocycles. The molecule has 270 valence electrons. The maximum Gasteiger partial charge on any atom is 0.332 e. The Morgan fingerprint density at radius 1 is 1.02 bits per heavy atom. The van der Waals surface area contributed by atoms with E-state index in [2.05, 4.69) is 15.5 Å². The number of aliphatic hydroxyl groups excluding tert-OH is 1. The molecule has 2 heterocycles. The van der Waals surface area contributed by atoms with Crippen molar-refractivity contribution in [3.63, 3.8) is 0 Å². The van der Waals surface area contributed by atoms with Crippen LogP contribution in [0.3, 0.4) is 0 Å². The van der Waals surface area contributed by atoms with Crippen LogP contribution in [0.1, 0.15) is 56.1 Å². The van der Waals surface area contributed by atoms with E-state index in [9.17, 15) is 38.4 Å². The molecule has 0 unspecified atom stereocenters. The molecule has 0 aliphatic rings. The molecule has 51 heavy (non-hydrogen) atoms. The van der Waals surface area contributed by atoms with Crippen molar-refractivity contribution in [1.29, 1.82) is 5.26 Å². The van der Waals surface area contributed by atoms with Crippen molar-refractivity contribution in [3.8, 4) is 11.9 Å². The highest BCUT2D eigenvalue weighted by Crippen LogP contribution is 2.23. The van der Waals surface area contributed by atoms with Crippen molar-refractivity contribution in [2.75, 3.05) is 13.1 Å². The van der Waals surface area contributed by atoms with Gasteiger partial charge < -0.3 is 15.5 Å². The van der Waals surface area contributed by atoms with E-state index in [1.54, 1.807) is 19.9 Å². The Labute approximate surface area is 297 Å². The molecule has 0 bridgehead atoms. The molecule has 0 saturated carbocycles. The van der Waals surface area contributed by atoms with Crippen LogP contribution in [0.4, 0.5) is 0 Å². The predicted molar refractivity (Wildman–Crippen MR) is 190 cm³/mol. The Balaban J connectivity index is 1.65. The Morgan fingerprint density at radius 3 is 2.31 bits per heavy atom. The summed E-state index contributed by atoms with van der Waals surface area (Å²) in [5, 5.41) is 37.4. The number of aromatic nitrogens is 3. The SMILES string of the molecule is CC(C)CN(C[C@@H](O)[C@H](Cc1ccccc1)NC(=O)[C@H](C(C)C)n1cc(O)n(Cc2ccnc(C#N)c2)c1=O)S(=O)(=O)c1ccc(CN=O)cc1. The number of carbonyl (C=O) groups is 1. The van der Waals surface area contributed by atoms with Crippen LogP contribution in [-0.4, -0.2) is 68.2 Å². The molecule has 1 amide bonds. The zero-order valence-corrected chi connectivity index (χ0v) is 29.8. The van der Waals surface area contributed by atoms with Gasteiger partial charge in [-0.15, -0.1) is 0 Å². The minimum absolute atomic E-state index is 0.0205. The zero-order chi connectivity index (χ0) is 37.3. The lowest BCUT2D eigenvalue weighted by Crippen LogP contribution is -2.53. The summed E-state index contributed by atoms with van der Waals surface area (Å²) >= 11 is 0. The lowest BCUT2D eigenvalue weighted by Gasteiger charge is -2.32. The number of rotatable bonds is 17. The molecule has 14 nitrogen and oxygen atoms in total. The summed E-state index contributed by atoms with van der Waals surface area (Å²) in [6, 6.07) is 17.8. The second kappa shape index (κ2) is 17.2. The Hall–Kier alpha value is -5.17. The maximum absolute atomic E-state index is 14.1. The van der Waals surface area contributed by atoms with Gasteiger partial charge in [0.05, 0.1) is 29.8 Å². The van der Waals surface area contributed by atoms with Crippen LogP contribution < -0.4 is 11.0 Å². The lowest BCUT2D eigenvalue weighted by atomic mass is 9.98. The molecular formula is C36H43N7O7S. The van der Waals surface area contributed by atoms with Gasteiger partial charge in [0.15, 0.2) is 0 Å². The zero-order valence-electron chi connectivity index (χ0n) is 29.0. The number of imidazole rings is 1. The number of aromatic hydroxyl groups is 1. The van der Waals surface area contributed by atoms with Crippen molar-refractivity contribution in [2.24, 2.45) is 17.0 Å². The summed E-state index contributed by atoms with van der Waals surface area (Å²) in [4.78, 5) is 42.3. The number of nitroso groups, excluding NO2 is 1. The summed E-state index contributed by atoms with van der Waals surface area (Å²) < 4.78 is 31.1. The highest BCUT2D eigenvalue weighted by Gasteiger charge is 2.34. The van der Waals surface area contributed by atoms with E-state index in [0.717, 1.165) is 14.7 Å². The van der Waals surface area contributed by atoms with Gasteiger partial charge in [0, 0.05) is 19.3 Å². The molecule has 0 saturated heterocycles. The van der Waals surface area contributed by atoms with E-state index in [4.69, 9.17) is 0 Å². The fourth-order valence-electron chi connectivity index (χ4n) is 5.83. The highest BCUT2D eigenvalue weighted by atomic mass is 32.2. The van der Waals surface area contributed by atoms with Gasteiger partial charge in [0.25, 0.3) is 0 Å². The number of sulfonamides is 1. The van der Waals surface area contributed by atoms with E-state index in [-0.39, 0.29) is 55.0 Å². The maximum atomic E-state index is 14.1. The molecule has 4 aromatic rings. The first-order valence-corrected chi connectivity index (χ1v) is 17.9. The third-order valence-corrected chi connectivity index (χ3v) is 10.2. The summed E-state index contributed by atoms with van der Waals surface area (Å²) in [6.45, 7) is 6.72. The van der Waals surface area contributed by atoms with Crippen molar-refractivity contribution in [2.45, 2.75) is 70.3 Å². The molecule has 0 aliphatic carbocycles. The highest BCUT2D eigenvalue weighted by molar-refractivity contribution is 7.89. The van der Waals surface area contributed by atoms with Gasteiger partial charge in [-0.3, -0.25) is 13.9 Å². The lowest BCUT2D eigenvalue weighted by molar-refractivity contribution is -0.127. The number of carbonyl (C=O) groups excluding carboxylic acids is 1. The van der Waals surface area contributed by atoms with Gasteiger partial charge in [-0.2, -0.15) is 14.5 Å². The first-order chi connectivity index (χ1) is 24.2. The van der Waals surface area contributed by atoms with Gasteiger partial charge in [-0.25, -0.2) is 18.2 Å². The molecule has 0 spiro atoms. The number of hydrogen-bond acceptors (Lipinski definition) is 10. The van der Waals surface area contributed by atoms with Gasteiger partial charge in [-0.05, 0) is 59.2 Å². The van der Waals surface area contributed by atoms with Crippen molar-refractivity contribution in [1.82, 2.24) is 23.7 Å². The van der Waals surface area contributed by atoms with Gasteiger partial charge >= 0.3 is 5.69 Å². The van der Waals surface area contributed by atoms with Crippen LogP contribution in [0.5, 0.6) is 5.88 Å². The smallest absolute Gasteiger partial charge is 0.332 e.